The summed E-state index contributed by atoms with van der Waals surface area (Å²) in [5.74, 6) is 0.355. The van der Waals surface area contributed by atoms with E-state index in [-0.39, 0.29) is 14.9 Å². The van der Waals surface area contributed by atoms with E-state index in [0.29, 0.717) is 17.1 Å². The SMILES string of the molecule is COc1cccc(/C=C2/SC(=S)N(Nc3ccc([N+](=O)[O-])cc3[N+](=O)[O-])C2=O)c1OC. The van der Waals surface area contributed by atoms with Crippen LogP contribution in [0, 0.1) is 20.2 Å². The quantitative estimate of drug-likeness (QED) is 0.280. The molecule has 0 aliphatic carbocycles. The van der Waals surface area contributed by atoms with Crippen molar-refractivity contribution in [3.63, 3.8) is 0 Å². The molecule has 1 aliphatic rings. The number of methoxy groups -OCH3 is 2. The van der Waals surface area contributed by atoms with Gasteiger partial charge in [0, 0.05) is 11.6 Å². The summed E-state index contributed by atoms with van der Waals surface area (Å²) in [6, 6.07) is 8.19. The van der Waals surface area contributed by atoms with E-state index >= 15 is 0 Å². The monoisotopic (exact) mass is 462 g/mol. The number of hydrogen-bond acceptors (Lipinski definition) is 10. The molecule has 0 radical (unpaired) electrons. The number of hydrazine groups is 1. The number of benzene rings is 2. The predicted molar refractivity (Wildman–Crippen MR) is 118 cm³/mol. The molecular formula is C18H14N4O7S2. The smallest absolute Gasteiger partial charge is 0.300 e. The van der Waals surface area contributed by atoms with Gasteiger partial charge in [0.25, 0.3) is 11.6 Å². The molecule has 0 aromatic heterocycles. The van der Waals surface area contributed by atoms with E-state index in [2.05, 4.69) is 5.43 Å². The number of hydrogen-bond donors (Lipinski definition) is 1. The first-order valence-corrected chi connectivity index (χ1v) is 9.67. The summed E-state index contributed by atoms with van der Waals surface area (Å²) in [4.78, 5) is 33.8. The van der Waals surface area contributed by atoms with E-state index in [1.165, 1.54) is 14.2 Å². The minimum Gasteiger partial charge on any atom is -0.493 e. The molecule has 1 fully saturated rings. The zero-order valence-electron chi connectivity index (χ0n) is 16.1. The first kappa shape index (κ1) is 22.0. The number of carbonyl (C=O) groups is 1. The molecule has 0 spiro atoms. The Morgan fingerprint density at radius 2 is 1.87 bits per heavy atom. The van der Waals surface area contributed by atoms with Crippen LogP contribution in [0.2, 0.25) is 0 Å². The Morgan fingerprint density at radius 3 is 2.48 bits per heavy atom. The van der Waals surface area contributed by atoms with Crippen LogP contribution >= 0.6 is 24.0 Å². The van der Waals surface area contributed by atoms with E-state index in [0.717, 1.165) is 35.0 Å². The van der Waals surface area contributed by atoms with Gasteiger partial charge >= 0.3 is 5.69 Å². The molecular weight excluding hydrogens is 448 g/mol. The fourth-order valence-electron chi connectivity index (χ4n) is 2.73. The topological polar surface area (TPSA) is 137 Å². The van der Waals surface area contributed by atoms with E-state index in [9.17, 15) is 25.0 Å². The highest BCUT2D eigenvalue weighted by atomic mass is 32.2. The Balaban J connectivity index is 1.93. The summed E-state index contributed by atoms with van der Waals surface area (Å²) in [7, 11) is 2.96. The average Bonchev–Trinajstić information content (AvgIpc) is 3.00. The summed E-state index contributed by atoms with van der Waals surface area (Å²) < 4.78 is 10.7. The van der Waals surface area contributed by atoms with Crippen LogP contribution in [0.5, 0.6) is 11.5 Å². The number of amides is 1. The van der Waals surface area contributed by atoms with Crippen molar-refractivity contribution in [2.24, 2.45) is 0 Å². The number of non-ortho nitro benzene ring substituents is 1. The van der Waals surface area contributed by atoms with Gasteiger partial charge in [-0.25, -0.2) is 5.01 Å². The maximum Gasteiger partial charge on any atom is 0.300 e. The van der Waals surface area contributed by atoms with Crippen LogP contribution in [0.25, 0.3) is 6.08 Å². The summed E-state index contributed by atoms with van der Waals surface area (Å²) in [6.45, 7) is 0. The molecule has 0 saturated carbocycles. The largest absolute Gasteiger partial charge is 0.493 e. The van der Waals surface area contributed by atoms with Gasteiger partial charge in [0.1, 0.15) is 5.69 Å². The molecule has 0 unspecified atom stereocenters. The number of nitro benzene ring substituents is 2. The van der Waals surface area contributed by atoms with Gasteiger partial charge in [-0.3, -0.25) is 30.4 Å². The third kappa shape index (κ3) is 4.41. The van der Waals surface area contributed by atoms with Gasteiger partial charge in [0.15, 0.2) is 15.8 Å². The standard InChI is InChI=1S/C18H14N4O7S2/c1-28-14-5-3-4-10(16(14)29-2)8-15-17(23)20(18(30)31-15)19-12-7-6-11(21(24)25)9-13(12)22(26)27/h3-9,19H,1-2H3/b15-8+. The molecule has 0 atom stereocenters. The Morgan fingerprint density at radius 1 is 1.13 bits per heavy atom. The van der Waals surface area contributed by atoms with Crippen LogP contribution in [-0.4, -0.2) is 39.3 Å². The molecule has 1 aliphatic heterocycles. The molecule has 2 aromatic carbocycles. The number of ether oxygens (including phenoxy) is 2. The molecule has 13 heteroatoms. The number of nitrogens with one attached hydrogen (secondary N) is 1. The molecule has 1 N–H and O–H groups in total. The van der Waals surface area contributed by atoms with Gasteiger partial charge in [0.05, 0.1) is 35.0 Å². The summed E-state index contributed by atoms with van der Waals surface area (Å²) in [5.41, 5.74) is 2.02. The third-order valence-corrected chi connectivity index (χ3v) is 5.44. The molecule has 1 heterocycles. The van der Waals surface area contributed by atoms with Crippen molar-refractivity contribution in [2.75, 3.05) is 19.6 Å². The average molecular weight is 462 g/mol. The number of nitrogens with zero attached hydrogens (tertiary/aromatic N) is 3. The van der Waals surface area contributed by atoms with Gasteiger partial charge in [-0.15, -0.1) is 0 Å². The van der Waals surface area contributed by atoms with E-state index in [1.54, 1.807) is 24.3 Å². The van der Waals surface area contributed by atoms with E-state index in [4.69, 9.17) is 21.7 Å². The third-order valence-electron chi connectivity index (χ3n) is 4.13. The molecule has 160 valence electrons. The lowest BCUT2D eigenvalue weighted by molar-refractivity contribution is -0.393. The first-order chi connectivity index (χ1) is 14.8. The lowest BCUT2D eigenvalue weighted by Crippen LogP contribution is -2.34. The molecule has 31 heavy (non-hydrogen) atoms. The summed E-state index contributed by atoms with van der Waals surface area (Å²) >= 11 is 6.21. The van der Waals surface area contributed by atoms with Crippen molar-refractivity contribution in [1.82, 2.24) is 5.01 Å². The van der Waals surface area contributed by atoms with Crippen LogP contribution in [0.15, 0.2) is 41.3 Å². The Labute approximate surface area is 184 Å². The van der Waals surface area contributed by atoms with E-state index < -0.39 is 27.1 Å². The second kappa shape index (κ2) is 8.97. The van der Waals surface area contributed by atoms with Crippen molar-refractivity contribution in [3.8, 4) is 11.5 Å². The van der Waals surface area contributed by atoms with Gasteiger partial charge in [-0.05, 0) is 30.4 Å². The van der Waals surface area contributed by atoms with Crippen LogP contribution in [0.1, 0.15) is 5.56 Å². The number of rotatable bonds is 7. The lowest BCUT2D eigenvalue weighted by atomic mass is 10.1. The number of nitro groups is 2. The fourth-order valence-corrected chi connectivity index (χ4v) is 3.90. The van der Waals surface area contributed by atoms with Gasteiger partial charge in [-0.1, -0.05) is 23.9 Å². The number of anilines is 1. The van der Waals surface area contributed by atoms with Crippen LogP contribution in [0.4, 0.5) is 17.1 Å². The highest BCUT2D eigenvalue weighted by Crippen LogP contribution is 2.38. The number of para-hydroxylation sites is 1. The van der Waals surface area contributed by atoms with Crippen molar-refractivity contribution >= 4 is 57.3 Å². The predicted octanol–water partition coefficient (Wildman–Crippen LogP) is 3.75. The second-order valence-electron chi connectivity index (χ2n) is 5.93. The molecule has 0 bridgehead atoms. The lowest BCUT2D eigenvalue weighted by Gasteiger charge is -2.16. The van der Waals surface area contributed by atoms with Crippen LogP contribution in [-0.2, 0) is 4.79 Å². The maximum atomic E-state index is 12.9. The van der Waals surface area contributed by atoms with Gasteiger partial charge in [0.2, 0.25) is 0 Å². The highest BCUT2D eigenvalue weighted by molar-refractivity contribution is 8.26. The van der Waals surface area contributed by atoms with Gasteiger partial charge in [-0.2, -0.15) is 0 Å². The molecule has 2 aromatic rings. The second-order valence-corrected chi connectivity index (χ2v) is 7.60. The fraction of sp³-hybridized carbons (Fsp3) is 0.111. The Bertz CT molecular complexity index is 1140. The normalized spacial score (nSPS) is 14.6. The number of thioether (sulfide) groups is 1. The number of thiocarbonyl (C=S) groups is 1. The summed E-state index contributed by atoms with van der Waals surface area (Å²) in [5, 5.41) is 23.2. The Kier molecular flexibility index (Phi) is 6.36. The Hall–Kier alpha value is -3.71. The highest BCUT2D eigenvalue weighted by Gasteiger charge is 2.34. The van der Waals surface area contributed by atoms with Crippen molar-refractivity contribution < 1.29 is 24.1 Å². The van der Waals surface area contributed by atoms with Crippen molar-refractivity contribution in [1.29, 1.82) is 0 Å². The molecule has 1 amide bonds. The zero-order chi connectivity index (χ0) is 22.7. The van der Waals surface area contributed by atoms with Crippen LogP contribution < -0.4 is 14.9 Å². The summed E-state index contributed by atoms with van der Waals surface area (Å²) in [6.07, 6.45) is 1.56. The minimum absolute atomic E-state index is 0.103. The zero-order valence-corrected chi connectivity index (χ0v) is 17.7. The molecule has 11 nitrogen and oxygen atoms in total. The van der Waals surface area contributed by atoms with Crippen molar-refractivity contribution in [3.05, 3.63) is 67.1 Å². The van der Waals surface area contributed by atoms with Crippen molar-refractivity contribution in [2.45, 2.75) is 0 Å². The minimum atomic E-state index is -0.788. The maximum absolute atomic E-state index is 12.9. The van der Waals surface area contributed by atoms with E-state index in [1.807, 2.05) is 0 Å². The molecule has 1 saturated heterocycles. The number of carbonyl (C=O) groups excluding carboxylic acids is 1. The molecule has 3 rings (SSSR count). The first-order valence-electron chi connectivity index (χ1n) is 8.45. The van der Waals surface area contributed by atoms with Gasteiger partial charge < -0.3 is 9.47 Å². The van der Waals surface area contributed by atoms with Crippen LogP contribution in [0.3, 0.4) is 0 Å².